The second-order valence-corrected chi connectivity index (χ2v) is 5.12. The lowest BCUT2D eigenvalue weighted by molar-refractivity contribution is -0.122. The van der Waals surface area contributed by atoms with E-state index in [0.717, 1.165) is 10.0 Å². The van der Waals surface area contributed by atoms with Gasteiger partial charge >= 0.3 is 0 Å². The van der Waals surface area contributed by atoms with Crippen LogP contribution in [0.4, 0.5) is 0 Å². The molecule has 1 atom stereocenters. The predicted octanol–water partition coefficient (Wildman–Crippen LogP) is 3.85. The fourth-order valence-electron chi connectivity index (χ4n) is 1.36. The monoisotopic (exact) mass is 268 g/mol. The van der Waals surface area contributed by atoms with Crippen LogP contribution in [0.3, 0.4) is 0 Å². The van der Waals surface area contributed by atoms with Gasteiger partial charge < -0.3 is 0 Å². The van der Waals surface area contributed by atoms with Crippen molar-refractivity contribution < 1.29 is 4.79 Å². The quantitative estimate of drug-likeness (QED) is 0.811. The van der Waals surface area contributed by atoms with E-state index in [1.807, 2.05) is 31.2 Å². The van der Waals surface area contributed by atoms with Gasteiger partial charge in [0.25, 0.3) is 0 Å². The number of Topliss-reactive ketones (excluding diaryl/α,β-unsaturated/α-hetero) is 1. The molecule has 0 fully saturated rings. The molecule has 1 rings (SSSR count). The predicted molar refractivity (Wildman–Crippen MR) is 66.9 cm³/mol. The molecule has 0 radical (unpaired) electrons. The molecule has 1 aromatic rings. The van der Waals surface area contributed by atoms with E-state index in [1.54, 1.807) is 0 Å². The smallest absolute Gasteiger partial charge is 0.140 e. The minimum absolute atomic E-state index is 0.136. The molecular weight excluding hydrogens is 252 g/mol. The minimum atomic E-state index is 0.136. The van der Waals surface area contributed by atoms with Crippen molar-refractivity contribution in [2.45, 2.75) is 27.2 Å². The van der Waals surface area contributed by atoms with Crippen LogP contribution >= 0.6 is 15.9 Å². The molecule has 0 aromatic heterocycles. The minimum Gasteiger partial charge on any atom is -0.299 e. The maximum atomic E-state index is 11.9. The van der Waals surface area contributed by atoms with E-state index in [1.165, 1.54) is 0 Å². The number of ketones is 1. The van der Waals surface area contributed by atoms with E-state index >= 15 is 0 Å². The van der Waals surface area contributed by atoms with E-state index in [4.69, 9.17) is 0 Å². The highest BCUT2D eigenvalue weighted by Crippen LogP contribution is 2.20. The number of hydrogen-bond acceptors (Lipinski definition) is 1. The van der Waals surface area contributed by atoms with Gasteiger partial charge in [0.1, 0.15) is 5.78 Å². The fourth-order valence-corrected chi connectivity index (χ4v) is 1.79. The van der Waals surface area contributed by atoms with Crippen molar-refractivity contribution in [3.05, 3.63) is 34.3 Å². The topological polar surface area (TPSA) is 17.1 Å². The zero-order valence-corrected chi connectivity index (χ0v) is 11.0. The first kappa shape index (κ1) is 12.4. The van der Waals surface area contributed by atoms with E-state index in [2.05, 4.69) is 29.8 Å². The molecule has 0 aliphatic heterocycles. The Morgan fingerprint density at radius 3 is 2.40 bits per heavy atom. The van der Waals surface area contributed by atoms with Gasteiger partial charge in [-0.15, -0.1) is 0 Å². The molecule has 0 bridgehead atoms. The summed E-state index contributed by atoms with van der Waals surface area (Å²) >= 11 is 3.46. The highest BCUT2D eigenvalue weighted by atomic mass is 79.9. The summed E-state index contributed by atoms with van der Waals surface area (Å²) in [6, 6.07) is 7.90. The van der Waals surface area contributed by atoms with Crippen LogP contribution in [0.2, 0.25) is 0 Å². The molecule has 0 heterocycles. The summed E-state index contributed by atoms with van der Waals surface area (Å²) in [6.45, 7) is 6.18. The van der Waals surface area contributed by atoms with Crippen LogP contribution < -0.4 is 0 Å². The van der Waals surface area contributed by atoms with Crippen molar-refractivity contribution in [3.63, 3.8) is 0 Å². The molecule has 0 amide bonds. The van der Waals surface area contributed by atoms with Crippen molar-refractivity contribution in [3.8, 4) is 0 Å². The summed E-state index contributed by atoms with van der Waals surface area (Å²) in [4.78, 5) is 11.9. The first-order valence-electron chi connectivity index (χ1n) is 5.28. The van der Waals surface area contributed by atoms with Crippen LogP contribution in [-0.2, 0) is 11.2 Å². The van der Waals surface area contributed by atoms with Gasteiger partial charge in [-0.2, -0.15) is 0 Å². The number of carbonyl (C=O) groups excluding carboxylic acids is 1. The van der Waals surface area contributed by atoms with Gasteiger partial charge in [0, 0.05) is 16.8 Å². The lowest BCUT2D eigenvalue weighted by Gasteiger charge is -2.14. The van der Waals surface area contributed by atoms with Crippen molar-refractivity contribution in [1.29, 1.82) is 0 Å². The first-order valence-corrected chi connectivity index (χ1v) is 6.07. The molecule has 0 aliphatic carbocycles. The van der Waals surface area contributed by atoms with Gasteiger partial charge in [-0.3, -0.25) is 4.79 Å². The summed E-state index contributed by atoms with van der Waals surface area (Å²) in [5, 5.41) is 0. The molecule has 0 N–H and O–H groups in total. The van der Waals surface area contributed by atoms with Gasteiger partial charge in [-0.05, 0) is 17.5 Å². The van der Waals surface area contributed by atoms with Gasteiger partial charge in [0.2, 0.25) is 0 Å². The summed E-state index contributed by atoms with van der Waals surface area (Å²) in [6.07, 6.45) is 0.529. The van der Waals surface area contributed by atoms with Crippen LogP contribution in [0.15, 0.2) is 28.7 Å². The molecule has 1 nitrogen and oxygen atoms in total. The Labute approximate surface area is 100 Å². The third-order valence-corrected chi connectivity index (χ3v) is 3.60. The molecule has 1 aromatic carbocycles. The second kappa shape index (κ2) is 5.45. The Morgan fingerprint density at radius 2 is 1.87 bits per heavy atom. The zero-order valence-electron chi connectivity index (χ0n) is 9.46. The van der Waals surface area contributed by atoms with Crippen LogP contribution in [0, 0.1) is 11.8 Å². The number of halogens is 1. The highest BCUT2D eigenvalue weighted by molar-refractivity contribution is 9.10. The van der Waals surface area contributed by atoms with Crippen LogP contribution in [0.5, 0.6) is 0 Å². The summed E-state index contributed by atoms with van der Waals surface area (Å²) in [5.41, 5.74) is 1.08. The molecule has 15 heavy (non-hydrogen) atoms. The van der Waals surface area contributed by atoms with E-state index in [9.17, 15) is 4.79 Å². The maximum absolute atomic E-state index is 11.9. The summed E-state index contributed by atoms with van der Waals surface area (Å²) < 4.78 is 1.02. The van der Waals surface area contributed by atoms with Crippen molar-refractivity contribution in [1.82, 2.24) is 0 Å². The Hall–Kier alpha value is -0.630. The highest BCUT2D eigenvalue weighted by Gasteiger charge is 2.17. The second-order valence-electron chi connectivity index (χ2n) is 4.27. The standard InChI is InChI=1S/C13H17BrO/c1-9(2)10(3)13(15)8-11-6-4-5-7-12(11)14/h4-7,9-10H,8H2,1-3H3. The van der Waals surface area contributed by atoms with Gasteiger partial charge in [-0.25, -0.2) is 0 Å². The Morgan fingerprint density at radius 1 is 1.27 bits per heavy atom. The normalized spacial score (nSPS) is 12.9. The summed E-state index contributed by atoms with van der Waals surface area (Å²) in [7, 11) is 0. The molecule has 0 saturated carbocycles. The molecule has 0 spiro atoms. The molecule has 0 aliphatic rings. The number of carbonyl (C=O) groups is 1. The lowest BCUT2D eigenvalue weighted by atomic mass is 9.90. The Balaban J connectivity index is 2.71. The third-order valence-electron chi connectivity index (χ3n) is 2.83. The molecule has 1 unspecified atom stereocenters. The van der Waals surface area contributed by atoms with Gasteiger partial charge in [-0.1, -0.05) is 54.9 Å². The average Bonchev–Trinajstić information content (AvgIpc) is 2.20. The largest absolute Gasteiger partial charge is 0.299 e. The molecule has 82 valence electrons. The van der Waals surface area contributed by atoms with E-state index in [0.29, 0.717) is 18.1 Å². The number of benzene rings is 1. The van der Waals surface area contributed by atoms with Gasteiger partial charge in [0.05, 0.1) is 0 Å². The number of rotatable bonds is 4. The number of hydrogen-bond donors (Lipinski definition) is 0. The van der Waals surface area contributed by atoms with Crippen LogP contribution in [0.1, 0.15) is 26.3 Å². The van der Waals surface area contributed by atoms with E-state index < -0.39 is 0 Å². The average molecular weight is 269 g/mol. The van der Waals surface area contributed by atoms with E-state index in [-0.39, 0.29) is 5.92 Å². The first-order chi connectivity index (χ1) is 7.02. The SMILES string of the molecule is CC(C)C(C)C(=O)Cc1ccccc1Br. The molecule has 2 heteroatoms. The van der Waals surface area contributed by atoms with Crippen LogP contribution in [-0.4, -0.2) is 5.78 Å². The fraction of sp³-hybridized carbons (Fsp3) is 0.462. The Bertz CT molecular complexity index is 344. The Kier molecular flexibility index (Phi) is 4.52. The zero-order chi connectivity index (χ0) is 11.4. The van der Waals surface area contributed by atoms with Crippen molar-refractivity contribution >= 4 is 21.7 Å². The molecular formula is C13H17BrO. The van der Waals surface area contributed by atoms with Crippen LogP contribution in [0.25, 0.3) is 0 Å². The third kappa shape index (κ3) is 3.45. The lowest BCUT2D eigenvalue weighted by Crippen LogP contribution is -2.18. The van der Waals surface area contributed by atoms with Crippen molar-refractivity contribution in [2.75, 3.05) is 0 Å². The summed E-state index contributed by atoms with van der Waals surface area (Å²) in [5.74, 6) is 0.869. The van der Waals surface area contributed by atoms with Crippen molar-refractivity contribution in [2.24, 2.45) is 11.8 Å². The van der Waals surface area contributed by atoms with Gasteiger partial charge in [0.15, 0.2) is 0 Å². The molecule has 0 saturated heterocycles. The maximum Gasteiger partial charge on any atom is 0.140 e.